The number of nitrogens with zero attached hydrogens (tertiary/aromatic N) is 6. The number of hydrogen-bond donors (Lipinski definition) is 2. The van der Waals surface area contributed by atoms with Crippen molar-refractivity contribution in [1.29, 1.82) is 0 Å². The molecule has 2 saturated heterocycles. The fraction of sp³-hybridized carbons (Fsp3) is 0.533. The van der Waals surface area contributed by atoms with Gasteiger partial charge in [0.2, 0.25) is 0 Å². The molecule has 3 aromatic rings. The zero-order valence-corrected chi connectivity index (χ0v) is 30.2. The topological polar surface area (TPSA) is 151 Å². The molecule has 1 aliphatic carbocycles. The van der Waals surface area contributed by atoms with Gasteiger partial charge in [0.05, 0.1) is 35.5 Å². The number of halogens is 6. The van der Waals surface area contributed by atoms with Crippen molar-refractivity contribution < 1.29 is 69.4 Å². The summed E-state index contributed by atoms with van der Waals surface area (Å²) in [6, 6.07) is 9.73. The van der Waals surface area contributed by atoms with Crippen LogP contribution in [0.5, 0.6) is 0 Å². The van der Waals surface area contributed by atoms with Gasteiger partial charge in [0.15, 0.2) is 0 Å². The molecule has 1 aromatic carbocycles. The predicted octanol–water partition coefficient (Wildman–Crippen LogP) is 5.48. The second-order valence-electron chi connectivity index (χ2n) is 11.6. The zero-order chi connectivity index (χ0) is 37.1. The van der Waals surface area contributed by atoms with Crippen molar-refractivity contribution in [3.63, 3.8) is 0 Å². The average molecular weight is 810 g/mol. The molecule has 4 heterocycles. The van der Waals surface area contributed by atoms with Crippen LogP contribution in [0.2, 0.25) is 0 Å². The molecule has 0 saturated carbocycles. The van der Waals surface area contributed by atoms with Crippen molar-refractivity contribution in [2.24, 2.45) is 0 Å². The van der Waals surface area contributed by atoms with Gasteiger partial charge in [-0.05, 0) is 64.8 Å². The van der Waals surface area contributed by atoms with E-state index in [4.69, 9.17) is 35.9 Å². The van der Waals surface area contributed by atoms with Gasteiger partial charge >= 0.3 is 48.3 Å². The number of alkyl halides is 6. The van der Waals surface area contributed by atoms with Crippen LogP contribution >= 0.6 is 0 Å². The van der Waals surface area contributed by atoms with Crippen LogP contribution in [0.25, 0.3) is 23.2 Å². The second kappa shape index (κ2) is 16.8. The minimum Gasteiger partial charge on any atom is -0.327 e. The van der Waals surface area contributed by atoms with E-state index in [2.05, 4.69) is 68.5 Å². The van der Waals surface area contributed by atoms with Gasteiger partial charge in [0, 0.05) is 37.3 Å². The number of benzene rings is 1. The first kappa shape index (κ1) is 42.5. The molecule has 2 aromatic heterocycles. The Labute approximate surface area is 301 Å². The molecule has 1 unspecified atom stereocenters. The second-order valence-corrected chi connectivity index (χ2v) is 14.4. The van der Waals surface area contributed by atoms with Crippen molar-refractivity contribution in [1.82, 2.24) is 28.9 Å². The van der Waals surface area contributed by atoms with Crippen LogP contribution < -0.4 is 0 Å². The number of hydrogen-bond acceptors (Lipinski definition) is 8. The zero-order valence-electron chi connectivity index (χ0n) is 27.4. The molecule has 12 nitrogen and oxygen atoms in total. The molecule has 51 heavy (non-hydrogen) atoms. The van der Waals surface area contributed by atoms with Gasteiger partial charge in [-0.1, -0.05) is 23.6 Å². The Morgan fingerprint density at radius 2 is 1.22 bits per heavy atom. The van der Waals surface area contributed by atoms with E-state index in [-0.39, 0.29) is 17.1 Å². The van der Waals surface area contributed by atoms with Crippen LogP contribution in [0.15, 0.2) is 35.7 Å². The van der Waals surface area contributed by atoms with Gasteiger partial charge in [-0.15, -0.1) is 0 Å². The summed E-state index contributed by atoms with van der Waals surface area (Å²) in [7, 11) is -11.7. The largest absolute Gasteiger partial charge is 2.00 e. The molecule has 0 spiro atoms. The number of imidazole rings is 2. The summed E-state index contributed by atoms with van der Waals surface area (Å²) in [5, 5.41) is 0. The van der Waals surface area contributed by atoms with Crippen molar-refractivity contribution in [3.05, 3.63) is 58.8 Å². The van der Waals surface area contributed by atoms with Gasteiger partial charge in [0.25, 0.3) is 0 Å². The number of aromatic nitrogens is 4. The quantitative estimate of drug-likeness (QED) is 0.0808. The third-order valence-electron chi connectivity index (χ3n) is 8.53. The maximum Gasteiger partial charge on any atom is 2.00 e. The van der Waals surface area contributed by atoms with Crippen molar-refractivity contribution >= 4 is 43.4 Å². The summed E-state index contributed by atoms with van der Waals surface area (Å²) >= 11 is 0. The van der Waals surface area contributed by atoms with Crippen molar-refractivity contribution in [2.75, 3.05) is 13.1 Å². The van der Waals surface area contributed by atoms with Gasteiger partial charge in [-0.25, -0.2) is 9.97 Å². The Hall–Kier alpha value is -2.96. The monoisotopic (exact) mass is 809 g/mol. The van der Waals surface area contributed by atoms with Gasteiger partial charge in [-0.2, -0.15) is 43.2 Å². The first-order valence-electron chi connectivity index (χ1n) is 15.5. The van der Waals surface area contributed by atoms with Crippen LogP contribution in [-0.4, -0.2) is 91.0 Å². The maximum absolute atomic E-state index is 10.7. The van der Waals surface area contributed by atoms with E-state index in [9.17, 15) is 26.3 Å². The SMILES string of the molecule is CCn1c(CN2CCCC2[C@H]2CCCN2Cc2nc3ccccc3n2CC)nc2c1C=C=C=C2.O=S(=O)(O)C(F)(F)F.O=S(=O)(O)C(F)(F)F.[Mn+2]. The van der Waals surface area contributed by atoms with Crippen LogP contribution in [0.4, 0.5) is 26.3 Å². The Kier molecular flexibility index (Phi) is 14.0. The summed E-state index contributed by atoms with van der Waals surface area (Å²) in [4.78, 5) is 15.4. The predicted molar refractivity (Wildman–Crippen MR) is 171 cm³/mol. The summed E-state index contributed by atoms with van der Waals surface area (Å²) in [6.07, 6.45) is 9.10. The Balaban J connectivity index is 0.000000347. The fourth-order valence-electron chi connectivity index (χ4n) is 6.42. The van der Waals surface area contributed by atoms with Crippen LogP contribution in [0.1, 0.15) is 62.6 Å². The normalized spacial score (nSPS) is 19.3. The van der Waals surface area contributed by atoms with Gasteiger partial charge < -0.3 is 9.13 Å². The molecular formula is C30H36F6MnN6O6S2+2. The van der Waals surface area contributed by atoms with Crippen molar-refractivity contribution in [3.8, 4) is 0 Å². The van der Waals surface area contributed by atoms with E-state index in [1.165, 1.54) is 55.1 Å². The molecule has 6 rings (SSSR count). The van der Waals surface area contributed by atoms with Crippen LogP contribution in [0, 0.1) is 0 Å². The van der Waals surface area contributed by atoms with E-state index >= 15 is 0 Å². The molecule has 0 bridgehead atoms. The number of para-hydroxylation sites is 2. The van der Waals surface area contributed by atoms with Gasteiger partial charge in [0.1, 0.15) is 11.6 Å². The number of fused-ring (bicyclic) bond motifs is 2. The molecule has 1 radical (unpaired) electrons. The maximum atomic E-state index is 10.7. The van der Waals surface area contributed by atoms with Crippen molar-refractivity contribution in [2.45, 2.75) is 88.8 Å². The van der Waals surface area contributed by atoms with Crippen LogP contribution in [0.3, 0.4) is 0 Å². The first-order valence-corrected chi connectivity index (χ1v) is 18.4. The summed E-state index contributed by atoms with van der Waals surface area (Å²) in [6.45, 7) is 10.5. The number of rotatable bonds is 7. The summed E-state index contributed by atoms with van der Waals surface area (Å²) in [5.41, 5.74) is -0.318. The number of likely N-dealkylation sites (tertiary alicyclic amines) is 2. The minimum absolute atomic E-state index is 0. The standard InChI is InChI=1S/C28H34N6.2CHF3O3S.Mn/c1-3-33-23-13-7-5-11-21(23)29-27(33)19-31-17-9-15-25(31)26-16-10-18-32(26)20-28-30-22-12-6-8-14-24(22)34(28)4-2;2*2-1(3,4)8(5,6)7;/h5,7,11-14,25-26H,3-4,9-10,15-20H2,1-2H3;2*(H,5,6,7);/q;;;+2/t25-,26?;;;/m1.../s1. The molecule has 3 aliphatic rings. The van der Waals surface area contributed by atoms with E-state index in [1.807, 2.05) is 12.2 Å². The van der Waals surface area contributed by atoms with Gasteiger partial charge in [-0.3, -0.25) is 18.9 Å². The molecular weight excluding hydrogens is 773 g/mol. The van der Waals surface area contributed by atoms with Crippen LogP contribution in [-0.2, 0) is 63.5 Å². The third kappa shape index (κ3) is 10.1. The Morgan fingerprint density at radius 1 is 0.765 bits per heavy atom. The number of aryl methyl sites for hydroxylation is 1. The van der Waals surface area contributed by atoms with E-state index in [0.717, 1.165) is 43.9 Å². The van der Waals surface area contributed by atoms with E-state index in [0.29, 0.717) is 12.1 Å². The molecule has 2 fully saturated rings. The Morgan fingerprint density at radius 3 is 1.69 bits per heavy atom. The molecule has 281 valence electrons. The first-order chi connectivity index (χ1) is 23.3. The molecule has 0 amide bonds. The molecule has 2 N–H and O–H groups in total. The minimum atomic E-state index is -5.84. The van der Waals surface area contributed by atoms with E-state index < -0.39 is 31.3 Å². The van der Waals surface area contributed by atoms with E-state index in [1.54, 1.807) is 0 Å². The third-order valence-corrected chi connectivity index (χ3v) is 9.70. The fourth-order valence-corrected chi connectivity index (χ4v) is 6.42. The smallest absolute Gasteiger partial charge is 0.327 e. The molecule has 2 aliphatic heterocycles. The average Bonchev–Trinajstić information content (AvgIpc) is 3.80. The Bertz CT molecular complexity index is 1960. The summed E-state index contributed by atoms with van der Waals surface area (Å²) < 4.78 is 120. The summed E-state index contributed by atoms with van der Waals surface area (Å²) in [5.74, 6) is 2.38. The molecule has 2 atom stereocenters. The molecule has 21 heteroatoms.